The predicted octanol–water partition coefficient (Wildman–Crippen LogP) is 4.59. The van der Waals surface area contributed by atoms with Crippen molar-refractivity contribution >= 4 is 27.8 Å². The van der Waals surface area contributed by atoms with Crippen LogP contribution in [0.25, 0.3) is 10.5 Å². The van der Waals surface area contributed by atoms with Gasteiger partial charge in [-0.2, -0.15) is 5.26 Å². The fraction of sp³-hybridized carbons (Fsp3) is 0.414. The van der Waals surface area contributed by atoms with E-state index in [1.165, 1.54) is 6.07 Å². The molecule has 3 atom stereocenters. The van der Waals surface area contributed by atoms with E-state index < -0.39 is 11.8 Å². The zero-order chi connectivity index (χ0) is 28.5. The predicted molar refractivity (Wildman–Crippen MR) is 148 cm³/mol. The fourth-order valence-corrected chi connectivity index (χ4v) is 6.31. The summed E-state index contributed by atoms with van der Waals surface area (Å²) in [6, 6.07) is 12.0. The van der Waals surface area contributed by atoms with Gasteiger partial charge in [0.2, 0.25) is 10.9 Å². The average molecular weight is 577 g/mol. The van der Waals surface area contributed by atoms with E-state index in [-0.39, 0.29) is 29.2 Å². The third kappa shape index (κ3) is 5.79. The van der Waals surface area contributed by atoms with Crippen molar-refractivity contribution in [1.29, 1.82) is 5.26 Å². The van der Waals surface area contributed by atoms with Gasteiger partial charge in [0.15, 0.2) is 10.5 Å². The van der Waals surface area contributed by atoms with Gasteiger partial charge in [-0.25, -0.2) is 24.1 Å². The maximum atomic E-state index is 14.3. The van der Waals surface area contributed by atoms with E-state index in [9.17, 15) is 14.3 Å². The molecule has 6 rings (SSSR count). The lowest BCUT2D eigenvalue weighted by Crippen LogP contribution is -2.39. The molecule has 0 spiro atoms. The lowest BCUT2D eigenvalue weighted by molar-refractivity contribution is -0.0593. The van der Waals surface area contributed by atoms with E-state index in [1.54, 1.807) is 18.2 Å². The summed E-state index contributed by atoms with van der Waals surface area (Å²) in [5.74, 6) is 0.364. The number of benzene rings is 1. The molecule has 0 bridgehead atoms. The summed E-state index contributed by atoms with van der Waals surface area (Å²) in [4.78, 5) is 28.3. The van der Waals surface area contributed by atoms with Crippen LogP contribution in [0.3, 0.4) is 0 Å². The van der Waals surface area contributed by atoms with Crippen LogP contribution < -0.4 is 4.74 Å². The molecule has 41 heavy (non-hydrogen) atoms. The van der Waals surface area contributed by atoms with Crippen LogP contribution >= 0.6 is 11.3 Å². The zero-order valence-electron chi connectivity index (χ0n) is 22.5. The van der Waals surface area contributed by atoms with Crippen molar-refractivity contribution in [3.05, 3.63) is 69.9 Å². The molecule has 2 fully saturated rings. The molecule has 5 heterocycles. The third-order valence-corrected chi connectivity index (χ3v) is 8.72. The molecule has 2 aliphatic rings. The number of imidazole rings is 1. The minimum atomic E-state index is -1.04. The lowest BCUT2D eigenvalue weighted by Gasteiger charge is -2.36. The number of pyridine rings is 1. The van der Waals surface area contributed by atoms with Crippen molar-refractivity contribution < 1.29 is 23.8 Å². The Bertz CT molecular complexity index is 1630. The Hall–Kier alpha value is -3.92. The molecular formula is C29H29FN6O4S. The quantitative estimate of drug-likeness (QED) is 0.304. The third-order valence-electron chi connectivity index (χ3n) is 7.79. The molecule has 3 aromatic heterocycles. The van der Waals surface area contributed by atoms with E-state index in [4.69, 9.17) is 24.7 Å². The van der Waals surface area contributed by atoms with Crippen molar-refractivity contribution in [1.82, 2.24) is 24.4 Å². The van der Waals surface area contributed by atoms with Crippen LogP contribution in [0, 0.1) is 23.1 Å². The maximum absolute atomic E-state index is 14.3. The molecular weight excluding hydrogens is 547 g/mol. The van der Waals surface area contributed by atoms with Crippen LogP contribution in [0.5, 0.6) is 5.88 Å². The summed E-state index contributed by atoms with van der Waals surface area (Å²) in [7, 11) is 0. The average Bonchev–Trinajstić information content (AvgIpc) is 3.48. The Morgan fingerprint density at radius 2 is 2.12 bits per heavy atom. The number of carbonyl (C=O) groups is 1. The normalized spacial score (nSPS) is 21.0. The molecule has 1 N–H and O–H groups in total. The number of likely N-dealkylation sites (tertiary alicyclic amines) is 1. The number of carboxylic acids is 1. The van der Waals surface area contributed by atoms with Crippen LogP contribution in [-0.4, -0.2) is 61.3 Å². The van der Waals surface area contributed by atoms with Gasteiger partial charge in [-0.05, 0) is 43.5 Å². The maximum Gasteiger partial charge on any atom is 0.365 e. The molecule has 12 heteroatoms. The number of hydrogen-bond acceptors (Lipinski definition) is 9. The highest BCUT2D eigenvalue weighted by Crippen LogP contribution is 2.34. The number of piperidine rings is 1. The fourth-order valence-electron chi connectivity index (χ4n) is 5.51. The van der Waals surface area contributed by atoms with E-state index in [0.29, 0.717) is 40.9 Å². The molecule has 4 aromatic rings. The summed E-state index contributed by atoms with van der Waals surface area (Å²) in [6.07, 6.45) is 1.97. The zero-order valence-corrected chi connectivity index (χ0v) is 23.3. The molecule has 0 saturated carbocycles. The Kier molecular flexibility index (Phi) is 7.66. The molecule has 0 aliphatic carbocycles. The first-order valence-corrected chi connectivity index (χ1v) is 14.4. The number of nitrogens with zero attached hydrogens (tertiary/aromatic N) is 6. The van der Waals surface area contributed by atoms with E-state index in [0.717, 1.165) is 55.4 Å². The van der Waals surface area contributed by atoms with Crippen molar-refractivity contribution in [2.75, 3.05) is 19.7 Å². The monoisotopic (exact) mass is 576 g/mol. The standard InChI is InChI=1S/C29H29FN6O4S/c1-17-13-35(15-24-33-27-26(34-28(41-27)29(37)38)36(24)14-20-8-10-39-20)9-7-21(17)23-3-2-4-25(32-23)40-16-19-6-5-18(12-31)11-22(19)30/h2-6,11,17,20-21H,7-10,13-16H2,1H3,(H,37,38)/t17-,20+,21?/m1/s1. The smallest absolute Gasteiger partial charge is 0.365 e. The van der Waals surface area contributed by atoms with E-state index >= 15 is 0 Å². The van der Waals surface area contributed by atoms with Crippen LogP contribution in [0.4, 0.5) is 4.39 Å². The first-order chi connectivity index (χ1) is 19.9. The minimum absolute atomic E-state index is 0.0286. The second-order valence-corrected chi connectivity index (χ2v) is 11.6. The van der Waals surface area contributed by atoms with Gasteiger partial charge in [0, 0.05) is 36.4 Å². The molecule has 212 valence electrons. The highest BCUT2D eigenvalue weighted by molar-refractivity contribution is 7.19. The number of thiazole rings is 1. The van der Waals surface area contributed by atoms with Crippen molar-refractivity contribution in [2.45, 2.75) is 51.5 Å². The number of ether oxygens (including phenoxy) is 2. The Morgan fingerprint density at radius 1 is 1.27 bits per heavy atom. The van der Waals surface area contributed by atoms with E-state index in [2.05, 4.69) is 16.8 Å². The van der Waals surface area contributed by atoms with Crippen LogP contribution in [0.2, 0.25) is 0 Å². The number of halogens is 1. The van der Waals surface area contributed by atoms with Crippen LogP contribution in [-0.2, 0) is 24.4 Å². The molecule has 1 aromatic carbocycles. The van der Waals surface area contributed by atoms with Gasteiger partial charge in [-0.15, -0.1) is 0 Å². The summed E-state index contributed by atoms with van der Waals surface area (Å²) >= 11 is 1.10. The Labute approximate surface area is 240 Å². The van der Waals surface area contributed by atoms with Gasteiger partial charge in [-0.1, -0.05) is 30.4 Å². The number of aromatic nitrogens is 4. The van der Waals surface area contributed by atoms with Gasteiger partial charge < -0.3 is 19.1 Å². The molecule has 10 nitrogen and oxygen atoms in total. The van der Waals surface area contributed by atoms with Gasteiger partial charge in [0.05, 0.1) is 30.8 Å². The molecule has 2 saturated heterocycles. The molecule has 0 amide bonds. The number of nitriles is 1. The van der Waals surface area contributed by atoms with Crippen LogP contribution in [0.15, 0.2) is 36.4 Å². The first-order valence-electron chi connectivity index (χ1n) is 13.6. The number of aromatic carboxylic acids is 1. The summed E-state index contributed by atoms with van der Waals surface area (Å²) in [6.45, 7) is 5.94. The Balaban J connectivity index is 1.11. The highest BCUT2D eigenvalue weighted by atomic mass is 32.1. The molecule has 1 unspecified atom stereocenters. The largest absolute Gasteiger partial charge is 0.476 e. The minimum Gasteiger partial charge on any atom is -0.476 e. The first kappa shape index (κ1) is 27.3. The van der Waals surface area contributed by atoms with E-state index in [1.807, 2.05) is 22.8 Å². The number of rotatable bonds is 9. The van der Waals surface area contributed by atoms with Gasteiger partial charge in [0.25, 0.3) is 0 Å². The second kappa shape index (κ2) is 11.5. The van der Waals surface area contributed by atoms with Gasteiger partial charge >= 0.3 is 5.97 Å². The van der Waals surface area contributed by atoms with Crippen molar-refractivity contribution in [3.8, 4) is 11.9 Å². The summed E-state index contributed by atoms with van der Waals surface area (Å²) in [5.41, 5.74) is 2.20. The number of carboxylic acid groups (broad SMARTS) is 1. The number of fused-ring (bicyclic) bond motifs is 1. The Morgan fingerprint density at radius 3 is 2.83 bits per heavy atom. The van der Waals surface area contributed by atoms with Crippen molar-refractivity contribution in [2.24, 2.45) is 5.92 Å². The summed E-state index contributed by atoms with van der Waals surface area (Å²) < 4.78 is 27.7. The number of hydrogen-bond donors (Lipinski definition) is 1. The van der Waals surface area contributed by atoms with Gasteiger partial charge in [-0.3, -0.25) is 4.90 Å². The lowest BCUT2D eigenvalue weighted by atomic mass is 9.84. The summed E-state index contributed by atoms with van der Waals surface area (Å²) in [5, 5.41) is 18.4. The SMILES string of the molecule is C[C@@H]1CN(Cc2nc3sc(C(=O)O)nc3n2C[C@@H]2CCO2)CCC1c1cccc(OCc2ccc(C#N)cc2F)n1. The van der Waals surface area contributed by atoms with Crippen LogP contribution in [0.1, 0.15) is 58.1 Å². The van der Waals surface area contributed by atoms with Gasteiger partial charge in [0.1, 0.15) is 18.2 Å². The van der Waals surface area contributed by atoms with Crippen molar-refractivity contribution in [3.63, 3.8) is 0 Å². The second-order valence-electron chi connectivity index (χ2n) is 10.6. The molecule has 2 aliphatic heterocycles. The topological polar surface area (TPSA) is 126 Å². The highest BCUT2D eigenvalue weighted by Gasteiger charge is 2.31. The molecule has 0 radical (unpaired) electrons.